The van der Waals surface area contributed by atoms with Crippen molar-refractivity contribution in [2.75, 3.05) is 4.31 Å². The highest BCUT2D eigenvalue weighted by molar-refractivity contribution is 7.92. The van der Waals surface area contributed by atoms with E-state index >= 15 is 0 Å². The molecule has 1 amide bonds. The molecule has 0 bridgehead atoms. The molecule has 13 heteroatoms. The number of alkyl halides is 3. The number of carbonyl (C=O) groups is 1. The second-order valence-corrected chi connectivity index (χ2v) is 13.4. The van der Waals surface area contributed by atoms with Gasteiger partial charge in [0, 0.05) is 34.9 Å². The molecular weight excluding hydrogens is 680 g/mol. The van der Waals surface area contributed by atoms with Gasteiger partial charge in [-0.05, 0) is 59.2 Å². The number of sulfonamides is 1. The van der Waals surface area contributed by atoms with Crippen LogP contribution in [0.3, 0.4) is 0 Å². The van der Waals surface area contributed by atoms with Crippen LogP contribution in [0.2, 0.25) is 0 Å². The van der Waals surface area contributed by atoms with Gasteiger partial charge in [-0.1, -0.05) is 72.8 Å². The molecule has 0 aliphatic carbocycles. The van der Waals surface area contributed by atoms with E-state index in [1.54, 1.807) is 54.0 Å². The number of hydrogen-bond acceptors (Lipinski definition) is 7. The number of amides is 1. The predicted molar refractivity (Wildman–Crippen MR) is 186 cm³/mol. The molecule has 3 heterocycles. The average molecular weight is 706 g/mol. The number of aromatic nitrogens is 3. The number of hydrogen-bond donors (Lipinski definition) is 2. The molecule has 4 aromatic carbocycles. The first-order valence-corrected chi connectivity index (χ1v) is 16.9. The molecule has 7 rings (SSSR count). The fourth-order valence-corrected chi connectivity index (χ4v) is 7.36. The van der Waals surface area contributed by atoms with E-state index in [2.05, 4.69) is 9.97 Å². The quantitative estimate of drug-likeness (QED) is 0.121. The lowest BCUT2D eigenvalue weighted by Gasteiger charge is -2.28. The molecular formula is C38H26F3N5O4S. The minimum atomic E-state index is -4.71. The zero-order valence-corrected chi connectivity index (χ0v) is 27.2. The number of fused-ring (bicyclic) bond motifs is 2. The zero-order valence-electron chi connectivity index (χ0n) is 26.4. The highest BCUT2D eigenvalue weighted by Gasteiger charge is 2.34. The third-order valence-electron chi connectivity index (χ3n) is 8.34. The highest BCUT2D eigenvalue weighted by Crippen LogP contribution is 2.43. The lowest BCUT2D eigenvalue weighted by molar-refractivity contribution is -0.137. The number of rotatable bonds is 8. The second-order valence-electron chi connectivity index (χ2n) is 11.5. The van der Waals surface area contributed by atoms with Crippen LogP contribution in [0.15, 0.2) is 139 Å². The van der Waals surface area contributed by atoms with Crippen LogP contribution in [0, 0.1) is 0 Å². The maximum Gasteiger partial charge on any atom is 0.416 e. The van der Waals surface area contributed by atoms with Crippen molar-refractivity contribution in [3.63, 3.8) is 0 Å². The van der Waals surface area contributed by atoms with Crippen molar-refractivity contribution in [1.82, 2.24) is 20.4 Å². The van der Waals surface area contributed by atoms with Crippen molar-refractivity contribution >= 4 is 43.4 Å². The van der Waals surface area contributed by atoms with Crippen molar-refractivity contribution in [3.05, 3.63) is 151 Å². The smallest absolute Gasteiger partial charge is 0.288 e. The average Bonchev–Trinajstić information content (AvgIpc) is 3.16. The summed E-state index contributed by atoms with van der Waals surface area (Å²) in [6.07, 6.45) is -0.517. The molecule has 51 heavy (non-hydrogen) atoms. The molecule has 7 aromatic rings. The molecule has 0 radical (unpaired) electrons. The van der Waals surface area contributed by atoms with Crippen LogP contribution in [0.5, 0.6) is 0 Å². The molecule has 0 aliphatic heterocycles. The molecule has 0 atom stereocenters. The van der Waals surface area contributed by atoms with E-state index in [0.29, 0.717) is 16.5 Å². The third kappa shape index (κ3) is 6.47. The predicted octanol–water partition coefficient (Wildman–Crippen LogP) is 8.05. The van der Waals surface area contributed by atoms with E-state index < -0.39 is 27.7 Å². The van der Waals surface area contributed by atoms with Gasteiger partial charge in [0.1, 0.15) is 0 Å². The number of pyridine rings is 3. The summed E-state index contributed by atoms with van der Waals surface area (Å²) < 4.78 is 72.5. The SMILES string of the molecule is O=C(NO)c1cc2ccccc2nc1-c1cnc2cc(C(F)(F)F)ccc2c1N(Cc1cccnc1)S(=O)(=O)c1ccc(-c2ccccc2)cc1. The Hall–Kier alpha value is -6.18. The fraction of sp³-hybridized carbons (Fsp3) is 0.0526. The molecule has 0 saturated carbocycles. The monoisotopic (exact) mass is 705 g/mol. The fourth-order valence-electron chi connectivity index (χ4n) is 5.87. The molecule has 3 aromatic heterocycles. The van der Waals surface area contributed by atoms with E-state index in [4.69, 9.17) is 4.98 Å². The Kier molecular flexibility index (Phi) is 8.67. The molecule has 0 aliphatic rings. The highest BCUT2D eigenvalue weighted by atomic mass is 32.2. The zero-order chi connectivity index (χ0) is 35.8. The van der Waals surface area contributed by atoms with Gasteiger partial charge in [-0.15, -0.1) is 0 Å². The molecule has 0 saturated heterocycles. The van der Waals surface area contributed by atoms with Gasteiger partial charge < -0.3 is 0 Å². The van der Waals surface area contributed by atoms with E-state index in [0.717, 1.165) is 33.6 Å². The normalized spacial score (nSPS) is 11.8. The van der Waals surface area contributed by atoms with Crippen LogP contribution in [0.1, 0.15) is 21.5 Å². The van der Waals surface area contributed by atoms with E-state index in [9.17, 15) is 31.6 Å². The molecule has 0 fully saturated rings. The number of halogens is 3. The maximum atomic E-state index is 14.9. The van der Waals surface area contributed by atoms with Crippen molar-refractivity contribution in [3.8, 4) is 22.4 Å². The van der Waals surface area contributed by atoms with Crippen LogP contribution in [-0.2, 0) is 22.7 Å². The van der Waals surface area contributed by atoms with E-state index in [-0.39, 0.29) is 44.9 Å². The van der Waals surface area contributed by atoms with Crippen LogP contribution in [-0.4, -0.2) is 34.5 Å². The Bertz CT molecular complexity index is 2520. The second kappa shape index (κ2) is 13.3. The van der Waals surface area contributed by atoms with Gasteiger partial charge in [-0.2, -0.15) is 13.2 Å². The van der Waals surface area contributed by atoms with E-state index in [1.165, 1.54) is 36.8 Å². The Morgan fingerprint density at radius 1 is 0.804 bits per heavy atom. The summed E-state index contributed by atoms with van der Waals surface area (Å²) in [5.41, 5.74) is 2.75. The maximum absolute atomic E-state index is 14.9. The Balaban J connectivity index is 1.53. The number of nitrogens with one attached hydrogen (secondary N) is 1. The summed E-state index contributed by atoms with van der Waals surface area (Å²) in [5, 5.41) is 10.3. The van der Waals surface area contributed by atoms with Crippen LogP contribution in [0.25, 0.3) is 44.2 Å². The summed E-state index contributed by atoms with van der Waals surface area (Å²) in [6.45, 7) is -0.307. The lowest BCUT2D eigenvalue weighted by Crippen LogP contribution is -2.31. The summed E-state index contributed by atoms with van der Waals surface area (Å²) in [5.74, 6) is -0.945. The Morgan fingerprint density at radius 2 is 1.53 bits per heavy atom. The van der Waals surface area contributed by atoms with Gasteiger partial charge in [0.2, 0.25) is 0 Å². The third-order valence-corrected chi connectivity index (χ3v) is 10.1. The minimum Gasteiger partial charge on any atom is -0.288 e. The van der Waals surface area contributed by atoms with Gasteiger partial charge in [-0.3, -0.25) is 24.3 Å². The standard InChI is InChI=1S/C38H26F3N5O4S/c39-38(40,41)28-14-17-30-34(20-28)43-22-32(35-31(37(47)45-48)19-27-10-4-5-11-33(27)44-35)36(30)46(23-24-7-6-18-42-21-24)51(49,50)29-15-12-26(13-16-29)25-8-2-1-3-9-25/h1-22,48H,23H2,(H,45,47). The minimum absolute atomic E-state index is 0.0139. The van der Waals surface area contributed by atoms with Crippen molar-refractivity contribution in [1.29, 1.82) is 0 Å². The summed E-state index contributed by atoms with van der Waals surface area (Å²) >= 11 is 0. The van der Waals surface area contributed by atoms with Crippen LogP contribution in [0.4, 0.5) is 18.9 Å². The van der Waals surface area contributed by atoms with Gasteiger partial charge in [-0.25, -0.2) is 18.9 Å². The topological polar surface area (TPSA) is 125 Å². The van der Waals surface area contributed by atoms with Crippen LogP contribution < -0.4 is 9.79 Å². The first kappa shape index (κ1) is 33.3. The number of benzene rings is 4. The molecule has 0 spiro atoms. The first-order valence-electron chi connectivity index (χ1n) is 15.5. The summed E-state index contributed by atoms with van der Waals surface area (Å²) in [6, 6.07) is 30.1. The number of hydroxylamine groups is 1. The summed E-state index contributed by atoms with van der Waals surface area (Å²) in [4.78, 5) is 26.2. The Labute approximate surface area is 289 Å². The number of para-hydroxylation sites is 1. The number of anilines is 1. The van der Waals surface area contributed by atoms with Crippen LogP contribution >= 0.6 is 0 Å². The molecule has 254 valence electrons. The lowest BCUT2D eigenvalue weighted by atomic mass is 9.99. The largest absolute Gasteiger partial charge is 0.416 e. The molecule has 0 unspecified atom stereocenters. The van der Waals surface area contributed by atoms with Crippen molar-refractivity contribution < 1.29 is 31.6 Å². The van der Waals surface area contributed by atoms with Gasteiger partial charge in [0.15, 0.2) is 0 Å². The van der Waals surface area contributed by atoms with E-state index in [1.807, 2.05) is 30.3 Å². The summed E-state index contributed by atoms with van der Waals surface area (Å²) in [7, 11) is -4.52. The van der Waals surface area contributed by atoms with Crippen molar-refractivity contribution in [2.24, 2.45) is 0 Å². The first-order chi connectivity index (χ1) is 24.5. The Morgan fingerprint density at radius 3 is 2.24 bits per heavy atom. The van der Waals surface area contributed by atoms with Gasteiger partial charge >= 0.3 is 6.18 Å². The number of carbonyl (C=O) groups excluding carboxylic acids is 1. The van der Waals surface area contributed by atoms with Crippen molar-refractivity contribution in [2.45, 2.75) is 17.6 Å². The van der Waals surface area contributed by atoms with Gasteiger partial charge in [0.05, 0.1) is 45.0 Å². The van der Waals surface area contributed by atoms with Gasteiger partial charge in [0.25, 0.3) is 15.9 Å². The number of nitrogens with zero attached hydrogens (tertiary/aromatic N) is 4. The molecule has 2 N–H and O–H groups in total. The molecule has 9 nitrogen and oxygen atoms in total.